The molecule has 0 amide bonds. The zero-order chi connectivity index (χ0) is 24.2. The Morgan fingerprint density at radius 3 is 1.56 bits per heavy atom. The van der Waals surface area contributed by atoms with Crippen molar-refractivity contribution in [2.24, 2.45) is 0 Å². The molecule has 0 aromatic heterocycles. The molecule has 0 aliphatic carbocycles. The van der Waals surface area contributed by atoms with E-state index in [4.69, 9.17) is 0 Å². The van der Waals surface area contributed by atoms with Crippen LogP contribution in [0.2, 0.25) is 0 Å². The summed E-state index contributed by atoms with van der Waals surface area (Å²) in [6.45, 7) is 0. The lowest BCUT2D eigenvalue weighted by Crippen LogP contribution is -2.32. The second-order valence-corrected chi connectivity index (χ2v) is 11.3. The average molecular weight is 479 g/mol. The van der Waals surface area contributed by atoms with Gasteiger partial charge < -0.3 is 4.74 Å². The van der Waals surface area contributed by atoms with E-state index in [2.05, 4.69) is 41.1 Å². The van der Waals surface area contributed by atoms with E-state index >= 15 is 0 Å². The molecular formula is C28H23F3O2P+. The molecule has 4 rings (SSSR count). The Labute approximate surface area is 197 Å². The number of hydrogen-bond donors (Lipinski definition) is 0. The number of alkyl halides is 3. The fourth-order valence-electron chi connectivity index (χ4n) is 4.26. The smallest absolute Gasteiger partial charge is 0.417 e. The Morgan fingerprint density at radius 1 is 0.735 bits per heavy atom. The van der Waals surface area contributed by atoms with E-state index in [1.54, 1.807) is 0 Å². The molecule has 0 fully saturated rings. The van der Waals surface area contributed by atoms with Crippen molar-refractivity contribution >= 4 is 29.1 Å². The number of hydrogen-bond acceptors (Lipinski definition) is 2. The van der Waals surface area contributed by atoms with E-state index < -0.39 is 30.5 Å². The molecule has 0 saturated carbocycles. The van der Waals surface area contributed by atoms with Crippen LogP contribution in [0.1, 0.15) is 21.5 Å². The highest BCUT2D eigenvalue weighted by Crippen LogP contribution is 2.58. The largest absolute Gasteiger partial charge is 0.465 e. The van der Waals surface area contributed by atoms with Crippen LogP contribution in [0.5, 0.6) is 0 Å². The van der Waals surface area contributed by atoms with Crippen molar-refractivity contribution in [3.8, 4) is 0 Å². The maximum atomic E-state index is 13.6. The third kappa shape index (κ3) is 4.62. The fourth-order valence-corrected chi connectivity index (χ4v) is 8.49. The van der Waals surface area contributed by atoms with Gasteiger partial charge in [0.05, 0.1) is 24.4 Å². The summed E-state index contributed by atoms with van der Waals surface area (Å²) in [7, 11) is -1.24. The molecule has 34 heavy (non-hydrogen) atoms. The van der Waals surface area contributed by atoms with Crippen LogP contribution in [0.4, 0.5) is 13.2 Å². The van der Waals surface area contributed by atoms with Crippen LogP contribution in [-0.4, -0.2) is 13.1 Å². The number of halogens is 3. The number of ether oxygens (including phenoxy) is 1. The minimum Gasteiger partial charge on any atom is -0.465 e. The van der Waals surface area contributed by atoms with Crippen molar-refractivity contribution in [3.05, 3.63) is 126 Å². The average Bonchev–Trinajstić information content (AvgIpc) is 2.87. The van der Waals surface area contributed by atoms with E-state index in [0.29, 0.717) is 11.7 Å². The van der Waals surface area contributed by atoms with Crippen LogP contribution in [0.15, 0.2) is 109 Å². The standard InChI is InChI=1S/C28H23F3O2P/c1-33-27(32)25-19-21(17-18-26(25)28(29,30)31)20-34(22-11-5-2-6-12-22,23-13-7-3-8-14-23)24-15-9-4-10-16-24/h2-19H,20H2,1H3/q+1. The summed E-state index contributed by atoms with van der Waals surface area (Å²) in [4.78, 5) is 12.3. The van der Waals surface area contributed by atoms with Gasteiger partial charge >= 0.3 is 12.1 Å². The Bertz CT molecular complexity index is 1160. The second-order valence-electron chi connectivity index (χ2n) is 7.84. The molecule has 0 unspecified atom stereocenters. The molecule has 0 aliphatic rings. The molecule has 0 bridgehead atoms. The Morgan fingerprint density at radius 2 is 1.18 bits per heavy atom. The third-order valence-corrected chi connectivity index (χ3v) is 10.2. The number of benzene rings is 4. The number of esters is 1. The SMILES string of the molecule is COC(=O)c1cc(C[P+](c2ccccc2)(c2ccccc2)c2ccccc2)ccc1C(F)(F)F. The molecule has 2 nitrogen and oxygen atoms in total. The first-order valence-corrected chi connectivity index (χ1v) is 12.7. The number of carbonyl (C=O) groups is 1. The van der Waals surface area contributed by atoms with E-state index in [0.717, 1.165) is 29.1 Å². The van der Waals surface area contributed by atoms with Crippen molar-refractivity contribution in [2.75, 3.05) is 7.11 Å². The first kappa shape index (κ1) is 23.7. The first-order valence-electron chi connectivity index (χ1n) is 10.7. The second kappa shape index (κ2) is 9.82. The van der Waals surface area contributed by atoms with Gasteiger partial charge in [0.2, 0.25) is 0 Å². The molecule has 0 heterocycles. The molecule has 0 aliphatic heterocycles. The summed E-state index contributed by atoms with van der Waals surface area (Å²) in [5, 5.41) is 3.31. The number of rotatable bonds is 6. The van der Waals surface area contributed by atoms with E-state index in [-0.39, 0.29) is 0 Å². The van der Waals surface area contributed by atoms with Gasteiger partial charge in [-0.2, -0.15) is 13.2 Å². The molecule has 0 atom stereocenters. The van der Waals surface area contributed by atoms with Crippen LogP contribution in [0.3, 0.4) is 0 Å². The summed E-state index contributed by atoms with van der Waals surface area (Å²) >= 11 is 0. The van der Waals surface area contributed by atoms with Gasteiger partial charge in [0.15, 0.2) is 0 Å². The van der Waals surface area contributed by atoms with Crippen molar-refractivity contribution in [2.45, 2.75) is 12.3 Å². The number of carbonyl (C=O) groups excluding carboxylic acids is 1. The van der Waals surface area contributed by atoms with Crippen LogP contribution < -0.4 is 15.9 Å². The number of methoxy groups -OCH3 is 1. The first-order chi connectivity index (χ1) is 16.4. The highest BCUT2D eigenvalue weighted by atomic mass is 31.2. The summed E-state index contributed by atoms with van der Waals surface area (Å²) in [5.41, 5.74) is -0.829. The maximum Gasteiger partial charge on any atom is 0.417 e. The molecule has 0 N–H and O–H groups in total. The van der Waals surface area contributed by atoms with E-state index in [9.17, 15) is 18.0 Å². The van der Waals surface area contributed by atoms with E-state index in [1.165, 1.54) is 12.1 Å². The summed E-state index contributed by atoms with van der Waals surface area (Å²) < 4.78 is 45.5. The van der Waals surface area contributed by atoms with Gasteiger partial charge in [-0.15, -0.1) is 0 Å². The maximum absolute atomic E-state index is 13.6. The molecule has 6 heteroatoms. The third-order valence-electron chi connectivity index (χ3n) is 5.81. The van der Waals surface area contributed by atoms with Crippen molar-refractivity contribution in [3.63, 3.8) is 0 Å². The minimum atomic E-state index is -4.66. The van der Waals surface area contributed by atoms with Crippen molar-refractivity contribution in [1.82, 2.24) is 0 Å². The molecule has 0 saturated heterocycles. The van der Waals surface area contributed by atoms with Crippen LogP contribution >= 0.6 is 7.26 Å². The zero-order valence-corrected chi connectivity index (χ0v) is 19.4. The predicted octanol–water partition coefficient (Wildman–Crippen LogP) is 5.99. The van der Waals surface area contributed by atoms with Crippen LogP contribution in [-0.2, 0) is 17.1 Å². The minimum absolute atomic E-state index is 0.452. The molecular weight excluding hydrogens is 456 g/mol. The molecule has 4 aromatic rings. The van der Waals surface area contributed by atoms with Gasteiger partial charge in [-0.25, -0.2) is 4.79 Å². The summed E-state index contributed by atoms with van der Waals surface area (Å²) in [6, 6.07) is 33.9. The lowest BCUT2D eigenvalue weighted by atomic mass is 10.0. The lowest BCUT2D eigenvalue weighted by Gasteiger charge is -2.28. The highest BCUT2D eigenvalue weighted by Gasteiger charge is 2.46. The normalized spacial score (nSPS) is 11.8. The van der Waals surface area contributed by atoms with Gasteiger partial charge in [-0.3, -0.25) is 0 Å². The Balaban J connectivity index is 1.97. The van der Waals surface area contributed by atoms with Crippen molar-refractivity contribution < 1.29 is 22.7 Å². The van der Waals surface area contributed by atoms with E-state index in [1.807, 2.05) is 54.6 Å². The Hall–Kier alpha value is -3.43. The highest BCUT2D eigenvalue weighted by molar-refractivity contribution is 7.95. The topological polar surface area (TPSA) is 26.3 Å². The fraction of sp³-hybridized carbons (Fsp3) is 0.107. The van der Waals surface area contributed by atoms with Crippen molar-refractivity contribution in [1.29, 1.82) is 0 Å². The van der Waals surface area contributed by atoms with Gasteiger partial charge in [0, 0.05) is 0 Å². The quantitative estimate of drug-likeness (QED) is 0.251. The Kier molecular flexibility index (Phi) is 6.85. The lowest BCUT2D eigenvalue weighted by molar-refractivity contribution is -0.138. The van der Waals surface area contributed by atoms with Crippen LogP contribution in [0.25, 0.3) is 0 Å². The molecule has 0 radical (unpaired) electrons. The molecule has 0 spiro atoms. The molecule has 172 valence electrons. The van der Waals surface area contributed by atoms with Gasteiger partial charge in [0.25, 0.3) is 0 Å². The van der Waals surface area contributed by atoms with Gasteiger partial charge in [0.1, 0.15) is 23.2 Å². The van der Waals surface area contributed by atoms with Gasteiger partial charge in [-0.05, 0) is 54.1 Å². The zero-order valence-electron chi connectivity index (χ0n) is 18.5. The van der Waals surface area contributed by atoms with Crippen LogP contribution in [0, 0.1) is 0 Å². The summed E-state index contributed by atoms with van der Waals surface area (Å²) in [6.07, 6.45) is -4.21. The summed E-state index contributed by atoms with van der Waals surface area (Å²) in [5.74, 6) is -1.00. The monoisotopic (exact) mass is 479 g/mol. The predicted molar refractivity (Wildman–Crippen MR) is 132 cm³/mol. The van der Waals surface area contributed by atoms with Gasteiger partial charge in [-0.1, -0.05) is 60.7 Å². The molecule has 4 aromatic carbocycles.